The average molecular weight is 159 g/mol. The van der Waals surface area contributed by atoms with Crippen LogP contribution in [0.15, 0.2) is 0 Å². The fraction of sp³-hybridized carbons (Fsp3) is 1.00. The van der Waals surface area contributed by atoms with Crippen molar-refractivity contribution in [1.29, 1.82) is 0 Å². The van der Waals surface area contributed by atoms with Crippen LogP contribution >= 0.6 is 0 Å². The van der Waals surface area contributed by atoms with E-state index in [1.54, 1.807) is 0 Å². The molecule has 1 saturated heterocycles. The SMILES string of the molecule is CC1CNCNC1C(N)NN. The molecule has 0 aromatic rings. The topological polar surface area (TPSA) is 88.1 Å². The van der Waals surface area contributed by atoms with Gasteiger partial charge in [-0.15, -0.1) is 0 Å². The van der Waals surface area contributed by atoms with Crippen LogP contribution in [0.5, 0.6) is 0 Å². The minimum Gasteiger partial charge on any atom is -0.314 e. The molecule has 0 saturated carbocycles. The summed E-state index contributed by atoms with van der Waals surface area (Å²) in [5.41, 5.74) is 8.26. The van der Waals surface area contributed by atoms with Crippen LogP contribution in [0, 0.1) is 5.92 Å². The fourth-order valence-electron chi connectivity index (χ4n) is 1.40. The van der Waals surface area contributed by atoms with Gasteiger partial charge in [0.1, 0.15) is 0 Å². The summed E-state index contributed by atoms with van der Waals surface area (Å²) in [7, 11) is 0. The molecule has 0 aliphatic carbocycles. The molecule has 0 aromatic carbocycles. The molecule has 5 heteroatoms. The van der Waals surface area contributed by atoms with Gasteiger partial charge in [0, 0.05) is 19.3 Å². The number of hydrogen-bond donors (Lipinski definition) is 5. The second-order valence-electron chi connectivity index (χ2n) is 3.03. The van der Waals surface area contributed by atoms with Crippen molar-refractivity contribution in [2.45, 2.75) is 19.1 Å². The zero-order valence-corrected chi connectivity index (χ0v) is 6.80. The first-order chi connectivity index (χ1) is 5.25. The molecular formula is C6H17N5. The first kappa shape index (κ1) is 8.89. The lowest BCUT2D eigenvalue weighted by molar-refractivity contribution is 0.241. The maximum Gasteiger partial charge on any atom is 0.0835 e. The fourth-order valence-corrected chi connectivity index (χ4v) is 1.40. The predicted octanol–water partition coefficient (Wildman–Crippen LogP) is -2.11. The van der Waals surface area contributed by atoms with Crippen molar-refractivity contribution in [2.24, 2.45) is 17.5 Å². The number of nitrogens with one attached hydrogen (secondary N) is 3. The molecule has 1 heterocycles. The summed E-state index contributed by atoms with van der Waals surface area (Å²) >= 11 is 0. The first-order valence-electron chi connectivity index (χ1n) is 3.91. The molecule has 3 unspecified atom stereocenters. The average Bonchev–Trinajstić information content (AvgIpc) is 2.04. The van der Waals surface area contributed by atoms with E-state index in [0.29, 0.717) is 5.92 Å². The summed E-state index contributed by atoms with van der Waals surface area (Å²) < 4.78 is 0. The van der Waals surface area contributed by atoms with Crippen molar-refractivity contribution in [3.05, 3.63) is 0 Å². The summed E-state index contributed by atoms with van der Waals surface area (Å²) in [4.78, 5) is 0. The Balaban J connectivity index is 2.40. The highest BCUT2D eigenvalue weighted by Crippen LogP contribution is 2.05. The summed E-state index contributed by atoms with van der Waals surface area (Å²) in [5, 5.41) is 6.45. The standard InChI is InChI=1S/C6H17N5/c1-4-2-9-3-10-5(4)6(7)11-8/h4-6,9-11H,2-3,7-8H2,1H3. The third kappa shape index (κ3) is 2.11. The van der Waals surface area contributed by atoms with Gasteiger partial charge in [0.15, 0.2) is 0 Å². The number of hydrazine groups is 1. The Morgan fingerprint density at radius 3 is 2.91 bits per heavy atom. The van der Waals surface area contributed by atoms with E-state index >= 15 is 0 Å². The van der Waals surface area contributed by atoms with Crippen LogP contribution in [0.25, 0.3) is 0 Å². The summed E-state index contributed by atoms with van der Waals surface area (Å²) in [6.45, 7) is 3.94. The van der Waals surface area contributed by atoms with Gasteiger partial charge >= 0.3 is 0 Å². The minimum atomic E-state index is -0.160. The normalized spacial score (nSPS) is 35.2. The van der Waals surface area contributed by atoms with Crippen LogP contribution in [-0.2, 0) is 0 Å². The molecule has 1 rings (SSSR count). The van der Waals surface area contributed by atoms with Gasteiger partial charge in [-0.2, -0.15) is 0 Å². The Hall–Kier alpha value is -0.200. The van der Waals surface area contributed by atoms with Gasteiger partial charge in [0.25, 0.3) is 0 Å². The molecule has 3 atom stereocenters. The maximum absolute atomic E-state index is 5.71. The van der Waals surface area contributed by atoms with E-state index < -0.39 is 0 Å². The second-order valence-corrected chi connectivity index (χ2v) is 3.03. The van der Waals surface area contributed by atoms with Crippen LogP contribution in [0.4, 0.5) is 0 Å². The van der Waals surface area contributed by atoms with Crippen LogP contribution in [-0.4, -0.2) is 25.4 Å². The van der Waals surface area contributed by atoms with Gasteiger partial charge in [-0.3, -0.25) is 11.2 Å². The van der Waals surface area contributed by atoms with E-state index in [1.807, 2.05) is 0 Å². The van der Waals surface area contributed by atoms with Crippen LogP contribution in [0.2, 0.25) is 0 Å². The van der Waals surface area contributed by atoms with Crippen molar-refractivity contribution in [2.75, 3.05) is 13.2 Å². The summed E-state index contributed by atoms with van der Waals surface area (Å²) in [6, 6.07) is 0.265. The highest BCUT2D eigenvalue weighted by Gasteiger charge is 2.25. The Morgan fingerprint density at radius 1 is 1.64 bits per heavy atom. The van der Waals surface area contributed by atoms with E-state index in [-0.39, 0.29) is 12.2 Å². The highest BCUT2D eigenvalue weighted by molar-refractivity contribution is 4.84. The molecular weight excluding hydrogens is 142 g/mol. The van der Waals surface area contributed by atoms with Crippen molar-refractivity contribution in [3.8, 4) is 0 Å². The molecule has 5 nitrogen and oxygen atoms in total. The van der Waals surface area contributed by atoms with Crippen LogP contribution in [0.1, 0.15) is 6.92 Å². The smallest absolute Gasteiger partial charge is 0.0835 e. The van der Waals surface area contributed by atoms with Crippen molar-refractivity contribution in [3.63, 3.8) is 0 Å². The predicted molar refractivity (Wildman–Crippen MR) is 44.3 cm³/mol. The molecule has 1 fully saturated rings. The van der Waals surface area contributed by atoms with Crippen molar-refractivity contribution < 1.29 is 0 Å². The van der Waals surface area contributed by atoms with E-state index in [9.17, 15) is 0 Å². The van der Waals surface area contributed by atoms with Gasteiger partial charge in [-0.05, 0) is 5.92 Å². The first-order valence-corrected chi connectivity index (χ1v) is 3.91. The second kappa shape index (κ2) is 3.99. The maximum atomic E-state index is 5.71. The van der Waals surface area contributed by atoms with Gasteiger partial charge in [0.2, 0.25) is 0 Å². The third-order valence-electron chi connectivity index (χ3n) is 2.12. The number of hydrogen-bond acceptors (Lipinski definition) is 5. The zero-order valence-electron chi connectivity index (χ0n) is 6.80. The lowest BCUT2D eigenvalue weighted by Gasteiger charge is -2.34. The van der Waals surface area contributed by atoms with Gasteiger partial charge < -0.3 is 11.1 Å². The third-order valence-corrected chi connectivity index (χ3v) is 2.12. The number of rotatable bonds is 2. The molecule has 1 aliphatic rings. The lowest BCUT2D eigenvalue weighted by atomic mass is 9.98. The molecule has 0 aromatic heterocycles. The van der Waals surface area contributed by atoms with E-state index in [2.05, 4.69) is 23.0 Å². The minimum absolute atomic E-state index is 0.160. The molecule has 0 radical (unpaired) electrons. The lowest BCUT2D eigenvalue weighted by Crippen LogP contribution is -2.63. The van der Waals surface area contributed by atoms with Gasteiger partial charge in [-0.1, -0.05) is 6.92 Å². The Kier molecular flexibility index (Phi) is 3.22. The quantitative estimate of drug-likeness (QED) is 0.181. The van der Waals surface area contributed by atoms with Gasteiger partial charge in [-0.25, -0.2) is 5.43 Å². The van der Waals surface area contributed by atoms with E-state index in [0.717, 1.165) is 13.2 Å². The largest absolute Gasteiger partial charge is 0.314 e. The van der Waals surface area contributed by atoms with E-state index in [1.165, 1.54) is 0 Å². The Bertz CT molecular complexity index is 114. The molecule has 1 aliphatic heterocycles. The monoisotopic (exact) mass is 159 g/mol. The molecule has 66 valence electrons. The van der Waals surface area contributed by atoms with Crippen molar-refractivity contribution >= 4 is 0 Å². The molecule has 0 amide bonds. The van der Waals surface area contributed by atoms with E-state index in [4.69, 9.17) is 11.6 Å². The summed E-state index contributed by atoms with van der Waals surface area (Å²) in [5.74, 6) is 5.74. The molecule has 11 heavy (non-hydrogen) atoms. The molecule has 7 N–H and O–H groups in total. The zero-order chi connectivity index (χ0) is 8.27. The van der Waals surface area contributed by atoms with Gasteiger partial charge in [0.05, 0.1) is 6.17 Å². The van der Waals surface area contributed by atoms with Crippen molar-refractivity contribution in [1.82, 2.24) is 16.1 Å². The highest BCUT2D eigenvalue weighted by atomic mass is 15.3. The number of nitrogens with two attached hydrogens (primary N) is 2. The molecule has 0 bridgehead atoms. The van der Waals surface area contributed by atoms with Crippen LogP contribution in [0.3, 0.4) is 0 Å². The Morgan fingerprint density at radius 2 is 2.36 bits per heavy atom. The Labute approximate surface area is 66.9 Å². The summed E-state index contributed by atoms with van der Waals surface area (Å²) in [6.07, 6.45) is -0.160. The molecule has 0 spiro atoms. The van der Waals surface area contributed by atoms with Crippen LogP contribution < -0.4 is 27.6 Å².